The zero-order chi connectivity index (χ0) is 19.8. The van der Waals surface area contributed by atoms with Gasteiger partial charge in [0, 0.05) is 30.8 Å². The van der Waals surface area contributed by atoms with Gasteiger partial charge in [0.2, 0.25) is 0 Å². The second-order valence-electron chi connectivity index (χ2n) is 7.43. The van der Waals surface area contributed by atoms with Gasteiger partial charge in [0.1, 0.15) is 5.82 Å². The molecule has 27 heavy (non-hydrogen) atoms. The Morgan fingerprint density at radius 1 is 1.11 bits per heavy atom. The van der Waals surface area contributed by atoms with Crippen molar-refractivity contribution in [3.05, 3.63) is 35.9 Å². The van der Waals surface area contributed by atoms with Gasteiger partial charge in [-0.05, 0) is 45.9 Å². The number of nitrogens with one attached hydrogen (secondary N) is 1. The number of fused-ring (bicyclic) bond motifs is 1. The summed E-state index contributed by atoms with van der Waals surface area (Å²) in [4.78, 5) is 11.7. The number of aliphatic imine (C=N–C) groups is 1. The van der Waals surface area contributed by atoms with E-state index in [9.17, 15) is 8.42 Å². The van der Waals surface area contributed by atoms with Crippen molar-refractivity contribution in [1.29, 1.82) is 0 Å². The normalized spacial score (nSPS) is 14.0. The second-order valence-corrected chi connectivity index (χ2v) is 9.93. The smallest absolute Gasteiger partial charge is 0.180 e. The Hall–Kier alpha value is -2.41. The van der Waals surface area contributed by atoms with Crippen molar-refractivity contribution in [2.24, 2.45) is 4.99 Å². The molecule has 1 aromatic carbocycles. The molecule has 0 amide bonds. The van der Waals surface area contributed by atoms with Crippen LogP contribution in [0.1, 0.15) is 33.3 Å². The van der Waals surface area contributed by atoms with Crippen LogP contribution in [0.2, 0.25) is 0 Å². The molecule has 144 valence electrons. The number of hydrogen-bond acceptors (Lipinski definition) is 6. The molecule has 2 aromatic rings. The lowest BCUT2D eigenvalue weighted by Gasteiger charge is -2.24. The number of anilines is 1. The number of rotatable bonds is 5. The standard InChI is InChI=1S/C20H26N4O2S/c1-13(2)22-20-17-11-24(5)12-21-19(17)10-18(23-20)15-6-8-16(9-7-15)27(25,26)14(3)4/h6-10,12-14H,11H2,1-5H3,(H,22,23). The van der Waals surface area contributed by atoms with Gasteiger partial charge in [-0.25, -0.2) is 18.4 Å². The van der Waals surface area contributed by atoms with Crippen molar-refractivity contribution < 1.29 is 8.42 Å². The third-order valence-corrected chi connectivity index (χ3v) is 6.60. The summed E-state index contributed by atoms with van der Waals surface area (Å²) in [6.07, 6.45) is 1.81. The maximum atomic E-state index is 12.3. The van der Waals surface area contributed by atoms with Gasteiger partial charge in [0.25, 0.3) is 0 Å². The third-order valence-electron chi connectivity index (χ3n) is 4.43. The lowest BCUT2D eigenvalue weighted by atomic mass is 10.1. The summed E-state index contributed by atoms with van der Waals surface area (Å²) in [5, 5.41) is 2.96. The molecule has 0 unspecified atom stereocenters. The molecular formula is C20H26N4O2S. The minimum Gasteiger partial charge on any atom is -0.368 e. The first-order valence-electron chi connectivity index (χ1n) is 9.07. The zero-order valence-electron chi connectivity index (χ0n) is 16.4. The number of aromatic nitrogens is 1. The van der Waals surface area contributed by atoms with Gasteiger partial charge in [-0.3, -0.25) is 0 Å². The lowest BCUT2D eigenvalue weighted by molar-refractivity contribution is 0.508. The van der Waals surface area contributed by atoms with E-state index in [1.54, 1.807) is 26.0 Å². The predicted molar refractivity (Wildman–Crippen MR) is 110 cm³/mol. The summed E-state index contributed by atoms with van der Waals surface area (Å²) in [5.41, 5.74) is 3.59. The highest BCUT2D eigenvalue weighted by atomic mass is 32.2. The van der Waals surface area contributed by atoms with Crippen LogP contribution in [0.4, 0.5) is 11.5 Å². The average molecular weight is 387 g/mol. The van der Waals surface area contributed by atoms with E-state index in [1.165, 1.54) is 0 Å². The van der Waals surface area contributed by atoms with Crippen LogP contribution in [0.5, 0.6) is 0 Å². The SMILES string of the molecule is CC(C)Nc1nc(-c2ccc(S(=O)(=O)C(C)C)cc2)cc2c1CN(C)C=N2. The highest BCUT2D eigenvalue weighted by Crippen LogP contribution is 2.34. The molecule has 0 aliphatic carbocycles. The minimum absolute atomic E-state index is 0.242. The summed E-state index contributed by atoms with van der Waals surface area (Å²) in [7, 11) is -1.30. The molecule has 0 radical (unpaired) electrons. The number of pyridine rings is 1. The van der Waals surface area contributed by atoms with Gasteiger partial charge >= 0.3 is 0 Å². The first-order chi connectivity index (χ1) is 12.7. The number of hydrogen-bond donors (Lipinski definition) is 1. The molecule has 1 aliphatic rings. The molecule has 0 bridgehead atoms. The Morgan fingerprint density at radius 2 is 1.78 bits per heavy atom. The van der Waals surface area contributed by atoms with Crippen molar-refractivity contribution in [2.75, 3.05) is 12.4 Å². The van der Waals surface area contributed by atoms with Crippen molar-refractivity contribution in [1.82, 2.24) is 9.88 Å². The highest BCUT2D eigenvalue weighted by molar-refractivity contribution is 7.92. The van der Waals surface area contributed by atoms with E-state index >= 15 is 0 Å². The zero-order valence-corrected chi connectivity index (χ0v) is 17.2. The quantitative estimate of drug-likeness (QED) is 0.845. The van der Waals surface area contributed by atoms with E-state index in [2.05, 4.69) is 24.2 Å². The van der Waals surface area contributed by atoms with Crippen LogP contribution in [0.25, 0.3) is 11.3 Å². The largest absolute Gasteiger partial charge is 0.368 e. The molecule has 7 heteroatoms. The summed E-state index contributed by atoms with van der Waals surface area (Å²) < 4.78 is 24.7. The van der Waals surface area contributed by atoms with Gasteiger partial charge in [0.05, 0.1) is 27.9 Å². The molecule has 0 saturated heterocycles. The summed E-state index contributed by atoms with van der Waals surface area (Å²) >= 11 is 0. The van der Waals surface area contributed by atoms with Gasteiger partial charge < -0.3 is 10.2 Å². The van der Waals surface area contributed by atoms with Crippen molar-refractivity contribution in [2.45, 2.75) is 50.4 Å². The molecule has 0 atom stereocenters. The number of benzene rings is 1. The van der Waals surface area contributed by atoms with Gasteiger partial charge in [0.15, 0.2) is 9.84 Å². The van der Waals surface area contributed by atoms with Crippen LogP contribution in [-0.4, -0.2) is 43.0 Å². The minimum atomic E-state index is -3.28. The molecule has 0 fully saturated rings. The Bertz CT molecular complexity index is 964. The van der Waals surface area contributed by atoms with Gasteiger partial charge in [-0.15, -0.1) is 0 Å². The summed E-state index contributed by atoms with van der Waals surface area (Å²) in [6, 6.07) is 9.11. The highest BCUT2D eigenvalue weighted by Gasteiger charge is 2.20. The van der Waals surface area contributed by atoms with Crippen LogP contribution < -0.4 is 5.32 Å². The molecule has 2 heterocycles. The average Bonchev–Trinajstić information content (AvgIpc) is 2.61. The monoisotopic (exact) mass is 386 g/mol. The molecular weight excluding hydrogens is 360 g/mol. The summed E-state index contributed by atoms with van der Waals surface area (Å²) in [6.45, 7) is 8.26. The van der Waals surface area contributed by atoms with E-state index in [0.29, 0.717) is 4.90 Å². The first kappa shape index (κ1) is 19.4. The van der Waals surface area contributed by atoms with Crippen molar-refractivity contribution in [3.8, 4) is 11.3 Å². The Labute approximate surface area is 161 Å². The molecule has 1 aromatic heterocycles. The Morgan fingerprint density at radius 3 is 2.37 bits per heavy atom. The first-order valence-corrected chi connectivity index (χ1v) is 10.6. The van der Waals surface area contributed by atoms with E-state index in [0.717, 1.165) is 34.9 Å². The van der Waals surface area contributed by atoms with Crippen LogP contribution in [0.15, 0.2) is 40.2 Å². The fourth-order valence-corrected chi connectivity index (χ4v) is 3.97. The van der Waals surface area contributed by atoms with Crippen LogP contribution in [0.3, 0.4) is 0 Å². The van der Waals surface area contributed by atoms with Gasteiger partial charge in [-0.1, -0.05) is 12.1 Å². The Balaban J connectivity index is 2.04. The van der Waals surface area contributed by atoms with Crippen LogP contribution in [0, 0.1) is 0 Å². The maximum Gasteiger partial charge on any atom is 0.180 e. The number of sulfone groups is 1. The van der Waals surface area contributed by atoms with Crippen molar-refractivity contribution >= 4 is 27.7 Å². The topological polar surface area (TPSA) is 74.7 Å². The fourth-order valence-electron chi connectivity index (χ4n) is 2.91. The molecule has 3 rings (SSSR count). The molecule has 6 nitrogen and oxygen atoms in total. The maximum absolute atomic E-state index is 12.3. The van der Waals surface area contributed by atoms with Crippen molar-refractivity contribution in [3.63, 3.8) is 0 Å². The summed E-state index contributed by atoms with van der Waals surface area (Å²) in [5.74, 6) is 0.820. The van der Waals surface area contributed by atoms with E-state index in [-0.39, 0.29) is 6.04 Å². The lowest BCUT2D eigenvalue weighted by Crippen LogP contribution is -2.22. The molecule has 0 spiro atoms. The molecule has 1 aliphatic heterocycles. The van der Waals surface area contributed by atoms with E-state index < -0.39 is 15.1 Å². The molecule has 0 saturated carbocycles. The van der Waals surface area contributed by atoms with Crippen LogP contribution in [-0.2, 0) is 16.4 Å². The fraction of sp³-hybridized carbons (Fsp3) is 0.400. The second kappa shape index (κ2) is 7.31. The van der Waals surface area contributed by atoms with E-state index in [4.69, 9.17) is 4.98 Å². The third kappa shape index (κ3) is 3.98. The Kier molecular flexibility index (Phi) is 5.24. The molecule has 1 N–H and O–H groups in total. The number of nitrogens with zero attached hydrogens (tertiary/aromatic N) is 3. The predicted octanol–water partition coefficient (Wildman–Crippen LogP) is 3.86. The van der Waals surface area contributed by atoms with E-state index in [1.807, 2.05) is 36.5 Å². The van der Waals surface area contributed by atoms with Crippen LogP contribution >= 0.6 is 0 Å². The van der Waals surface area contributed by atoms with Gasteiger partial charge in [-0.2, -0.15) is 0 Å².